The van der Waals surface area contributed by atoms with Gasteiger partial charge < -0.3 is 10.1 Å². The van der Waals surface area contributed by atoms with E-state index in [9.17, 15) is 13.2 Å². The average molecular weight is 445 g/mol. The Kier molecular flexibility index (Phi) is 5.76. The number of nitrogens with one attached hydrogen (secondary N) is 1. The minimum absolute atomic E-state index is 0.00542. The molecule has 166 valence electrons. The van der Waals surface area contributed by atoms with Gasteiger partial charge in [-0.2, -0.15) is 0 Å². The fourth-order valence-corrected chi connectivity index (χ4v) is 5.44. The Morgan fingerprint density at radius 3 is 2.48 bits per heavy atom. The summed E-state index contributed by atoms with van der Waals surface area (Å²) in [5, 5.41) is 3.32. The second-order valence-corrected chi connectivity index (χ2v) is 10.7. The lowest BCUT2D eigenvalue weighted by Gasteiger charge is -2.38. The maximum absolute atomic E-state index is 13.5. The van der Waals surface area contributed by atoms with Crippen molar-refractivity contribution < 1.29 is 17.9 Å². The van der Waals surface area contributed by atoms with Gasteiger partial charge in [-0.05, 0) is 39.0 Å². The van der Waals surface area contributed by atoms with E-state index in [-0.39, 0.29) is 22.4 Å². The predicted molar refractivity (Wildman–Crippen MR) is 118 cm³/mol. The first-order valence-electron chi connectivity index (χ1n) is 10.4. The number of piperazine rings is 1. The molecule has 1 saturated heterocycles. The second kappa shape index (κ2) is 8.22. The number of aliphatic imine (C=N–C) groups is 1. The molecule has 0 saturated carbocycles. The zero-order chi connectivity index (χ0) is 22.2. The highest BCUT2D eigenvalue weighted by Gasteiger charge is 2.42. The fraction of sp³-hybridized carbons (Fsp3) is 0.455. The summed E-state index contributed by atoms with van der Waals surface area (Å²) in [6.07, 6.45) is 2.91. The van der Waals surface area contributed by atoms with Crippen molar-refractivity contribution in [1.82, 2.24) is 15.1 Å². The van der Waals surface area contributed by atoms with Crippen molar-refractivity contribution in [3.05, 3.63) is 53.2 Å². The van der Waals surface area contributed by atoms with Crippen LogP contribution in [0.4, 0.5) is 4.79 Å². The van der Waals surface area contributed by atoms with Crippen LogP contribution in [-0.4, -0.2) is 74.4 Å². The van der Waals surface area contributed by atoms with E-state index in [4.69, 9.17) is 4.74 Å². The molecular formula is C22H28N4O4S. The van der Waals surface area contributed by atoms with Crippen LogP contribution in [0.15, 0.2) is 63.1 Å². The van der Waals surface area contributed by atoms with Crippen molar-refractivity contribution in [2.45, 2.75) is 37.3 Å². The third-order valence-electron chi connectivity index (χ3n) is 5.35. The van der Waals surface area contributed by atoms with Gasteiger partial charge in [-0.1, -0.05) is 18.2 Å². The van der Waals surface area contributed by atoms with E-state index in [1.807, 2.05) is 6.08 Å². The molecule has 3 aliphatic heterocycles. The normalized spacial score (nSPS) is 22.4. The molecule has 0 spiro atoms. The standard InChI is InChI=1S/C22H28N4O4S/c1-22(2,3)30-21(27)26-12-9-17(25-13-10-23-11-14-25)19-20(26)18(15-24-19)31(28,29)16-7-5-4-6-8-16/h4-9,12,17,23H,10-11,13-15H2,1-3H3. The quantitative estimate of drug-likeness (QED) is 0.768. The lowest BCUT2D eigenvalue weighted by molar-refractivity contribution is 0.0386. The Morgan fingerprint density at radius 1 is 1.16 bits per heavy atom. The molecule has 3 aliphatic rings. The third-order valence-corrected chi connectivity index (χ3v) is 7.22. The molecule has 8 nitrogen and oxygen atoms in total. The van der Waals surface area contributed by atoms with Crippen LogP contribution >= 0.6 is 0 Å². The van der Waals surface area contributed by atoms with Crippen molar-refractivity contribution in [3.8, 4) is 0 Å². The first-order chi connectivity index (χ1) is 14.7. The highest BCUT2D eigenvalue weighted by molar-refractivity contribution is 7.95. The van der Waals surface area contributed by atoms with Crippen molar-refractivity contribution >= 4 is 21.6 Å². The van der Waals surface area contributed by atoms with Crippen molar-refractivity contribution in [3.63, 3.8) is 0 Å². The largest absolute Gasteiger partial charge is 0.443 e. The molecule has 4 rings (SSSR count). The van der Waals surface area contributed by atoms with E-state index < -0.39 is 21.5 Å². The molecule has 1 unspecified atom stereocenters. The Balaban J connectivity index is 1.80. The smallest absolute Gasteiger partial charge is 0.419 e. The lowest BCUT2D eigenvalue weighted by Crippen LogP contribution is -2.53. The molecule has 1 fully saturated rings. The second-order valence-electron chi connectivity index (χ2n) is 8.71. The number of carbonyl (C=O) groups excluding carboxylic acids is 1. The maximum Gasteiger partial charge on any atom is 0.419 e. The monoisotopic (exact) mass is 444 g/mol. The van der Waals surface area contributed by atoms with Gasteiger partial charge in [0.2, 0.25) is 9.84 Å². The Labute approximate surface area is 183 Å². The van der Waals surface area contributed by atoms with Gasteiger partial charge in [-0.3, -0.25) is 14.8 Å². The summed E-state index contributed by atoms with van der Waals surface area (Å²) >= 11 is 0. The topological polar surface area (TPSA) is 91.3 Å². The van der Waals surface area contributed by atoms with E-state index in [0.717, 1.165) is 26.2 Å². The van der Waals surface area contributed by atoms with Gasteiger partial charge in [0.15, 0.2) is 0 Å². The lowest BCUT2D eigenvalue weighted by atomic mass is 10.0. The van der Waals surface area contributed by atoms with E-state index in [1.165, 1.54) is 4.90 Å². The first kappa shape index (κ1) is 21.7. The van der Waals surface area contributed by atoms with Gasteiger partial charge >= 0.3 is 6.09 Å². The number of amides is 1. The summed E-state index contributed by atoms with van der Waals surface area (Å²) in [5.41, 5.74) is 0.212. The zero-order valence-corrected chi connectivity index (χ0v) is 18.9. The molecular weight excluding hydrogens is 416 g/mol. The Hall–Kier alpha value is -2.49. The Bertz CT molecular complexity index is 1050. The number of fused-ring (bicyclic) bond motifs is 1. The van der Waals surface area contributed by atoms with Crippen LogP contribution < -0.4 is 5.32 Å². The summed E-state index contributed by atoms with van der Waals surface area (Å²) in [7, 11) is -3.82. The molecule has 31 heavy (non-hydrogen) atoms. The molecule has 1 aromatic carbocycles. The summed E-state index contributed by atoms with van der Waals surface area (Å²) in [4.78, 5) is 21.5. The van der Waals surface area contributed by atoms with Gasteiger partial charge in [-0.25, -0.2) is 13.2 Å². The first-order valence-corrected chi connectivity index (χ1v) is 11.9. The molecule has 1 amide bonds. The molecule has 0 aromatic heterocycles. The van der Waals surface area contributed by atoms with Crippen LogP contribution in [0.3, 0.4) is 0 Å². The summed E-state index contributed by atoms with van der Waals surface area (Å²) in [6.45, 7) is 8.67. The molecule has 0 bridgehead atoms. The predicted octanol–water partition coefficient (Wildman–Crippen LogP) is 2.16. The fourth-order valence-electron chi connectivity index (χ4n) is 3.95. The zero-order valence-electron chi connectivity index (χ0n) is 18.0. The molecule has 0 aliphatic carbocycles. The number of hydrogen-bond acceptors (Lipinski definition) is 7. The van der Waals surface area contributed by atoms with Crippen LogP contribution in [0.25, 0.3) is 0 Å². The number of carbonyl (C=O) groups is 1. The van der Waals surface area contributed by atoms with Crippen LogP contribution in [0, 0.1) is 0 Å². The third kappa shape index (κ3) is 4.30. The average Bonchev–Trinajstić information content (AvgIpc) is 3.19. The molecule has 9 heteroatoms. The molecule has 1 atom stereocenters. The van der Waals surface area contributed by atoms with Crippen LogP contribution in [0.5, 0.6) is 0 Å². The van der Waals surface area contributed by atoms with E-state index in [2.05, 4.69) is 15.2 Å². The number of ether oxygens (including phenoxy) is 1. The Morgan fingerprint density at radius 2 is 1.84 bits per heavy atom. The maximum atomic E-state index is 13.5. The van der Waals surface area contributed by atoms with Crippen LogP contribution in [0.1, 0.15) is 20.8 Å². The minimum Gasteiger partial charge on any atom is -0.443 e. The summed E-state index contributed by atoms with van der Waals surface area (Å²) < 4.78 is 32.5. The van der Waals surface area contributed by atoms with Gasteiger partial charge in [0.05, 0.1) is 33.8 Å². The number of rotatable bonds is 3. The number of hydrogen-bond donors (Lipinski definition) is 1. The van der Waals surface area contributed by atoms with Crippen molar-refractivity contribution in [2.24, 2.45) is 4.99 Å². The van der Waals surface area contributed by atoms with E-state index in [1.54, 1.807) is 57.3 Å². The molecule has 0 radical (unpaired) electrons. The van der Waals surface area contributed by atoms with Gasteiger partial charge in [0, 0.05) is 32.4 Å². The number of sulfone groups is 1. The minimum atomic E-state index is -3.82. The van der Waals surface area contributed by atoms with E-state index in [0.29, 0.717) is 11.4 Å². The molecule has 1 aromatic rings. The van der Waals surface area contributed by atoms with Gasteiger partial charge in [0.25, 0.3) is 0 Å². The number of nitrogens with zero attached hydrogens (tertiary/aromatic N) is 3. The highest BCUT2D eigenvalue weighted by atomic mass is 32.2. The van der Waals surface area contributed by atoms with Crippen molar-refractivity contribution in [1.29, 1.82) is 0 Å². The molecule has 1 N–H and O–H groups in total. The van der Waals surface area contributed by atoms with Crippen LogP contribution in [0.2, 0.25) is 0 Å². The summed E-state index contributed by atoms with van der Waals surface area (Å²) in [5.74, 6) is 0. The van der Waals surface area contributed by atoms with Gasteiger partial charge in [-0.15, -0.1) is 0 Å². The number of benzene rings is 1. The summed E-state index contributed by atoms with van der Waals surface area (Å²) in [6, 6.07) is 8.08. The van der Waals surface area contributed by atoms with Crippen molar-refractivity contribution in [2.75, 3.05) is 32.7 Å². The highest BCUT2D eigenvalue weighted by Crippen LogP contribution is 2.34. The van der Waals surface area contributed by atoms with E-state index >= 15 is 0 Å². The SMILES string of the molecule is CC(C)(C)OC(=O)N1C=CC(N2CCNCC2)C2=NCC(S(=O)(=O)c3ccccc3)=C21. The van der Waals surface area contributed by atoms with Crippen LogP contribution in [-0.2, 0) is 14.6 Å². The molecule has 3 heterocycles. The van der Waals surface area contributed by atoms with Gasteiger partial charge in [0.1, 0.15) is 5.60 Å².